The van der Waals surface area contributed by atoms with E-state index in [0.29, 0.717) is 6.54 Å². The number of phenolic OH excluding ortho intramolecular Hbond substituents is 2. The van der Waals surface area contributed by atoms with Crippen LogP contribution in [0.5, 0.6) is 11.5 Å². The lowest BCUT2D eigenvalue weighted by molar-refractivity contribution is -0.117. The Hall–Kier alpha value is -2.49. The minimum Gasteiger partial charge on any atom is -0.508 e. The Morgan fingerprint density at radius 2 is 1.45 bits per heavy atom. The molecule has 2 aromatic rings. The number of aromatic hydroxyl groups is 2. The molecular weight excluding hydrogens is 254 g/mol. The Labute approximate surface area is 117 Å². The van der Waals surface area contributed by atoms with Crippen LogP contribution in [-0.2, 0) is 11.2 Å². The highest BCUT2D eigenvalue weighted by Gasteiger charge is 2.14. The molecule has 2 aromatic carbocycles. The normalized spacial score (nSPS) is 10.2. The first-order valence-electron chi connectivity index (χ1n) is 6.47. The fourth-order valence-corrected chi connectivity index (χ4v) is 2.02. The molecule has 0 atom stereocenters. The molecule has 4 nitrogen and oxygen atoms in total. The number of hydrogen-bond donors (Lipinski definition) is 2. The molecule has 0 aliphatic carbocycles. The SMILES string of the molecule is CCN(C(=O)Cc1ccc(O)cc1)c1ccc(O)cc1. The van der Waals surface area contributed by atoms with Gasteiger partial charge in [0.15, 0.2) is 0 Å². The molecule has 20 heavy (non-hydrogen) atoms. The number of hydrogen-bond acceptors (Lipinski definition) is 3. The average molecular weight is 271 g/mol. The summed E-state index contributed by atoms with van der Waals surface area (Å²) in [6.45, 7) is 2.46. The number of carbonyl (C=O) groups is 1. The Kier molecular flexibility index (Phi) is 4.25. The van der Waals surface area contributed by atoms with Gasteiger partial charge in [-0.1, -0.05) is 12.1 Å². The van der Waals surface area contributed by atoms with E-state index in [1.807, 2.05) is 6.92 Å². The van der Waals surface area contributed by atoms with Crippen molar-refractivity contribution in [2.24, 2.45) is 0 Å². The highest BCUT2D eigenvalue weighted by Crippen LogP contribution is 2.19. The third-order valence-corrected chi connectivity index (χ3v) is 3.07. The Bertz CT molecular complexity index is 576. The smallest absolute Gasteiger partial charge is 0.231 e. The molecular formula is C16H17NO3. The van der Waals surface area contributed by atoms with Crippen LogP contribution in [-0.4, -0.2) is 22.7 Å². The monoisotopic (exact) mass is 271 g/mol. The molecule has 2 rings (SSSR count). The topological polar surface area (TPSA) is 60.8 Å². The number of likely N-dealkylation sites (N-methyl/N-ethyl adjacent to an activating group) is 1. The maximum atomic E-state index is 12.3. The number of anilines is 1. The van der Waals surface area contributed by atoms with Gasteiger partial charge in [-0.25, -0.2) is 0 Å². The van der Waals surface area contributed by atoms with Crippen LogP contribution in [0, 0.1) is 0 Å². The van der Waals surface area contributed by atoms with Crippen LogP contribution in [0.4, 0.5) is 5.69 Å². The molecule has 0 unspecified atom stereocenters. The van der Waals surface area contributed by atoms with Crippen molar-refractivity contribution in [2.45, 2.75) is 13.3 Å². The summed E-state index contributed by atoms with van der Waals surface area (Å²) >= 11 is 0. The van der Waals surface area contributed by atoms with Crippen LogP contribution in [0.25, 0.3) is 0 Å². The molecule has 0 spiro atoms. The zero-order chi connectivity index (χ0) is 14.5. The number of benzene rings is 2. The summed E-state index contributed by atoms with van der Waals surface area (Å²) in [5.41, 5.74) is 1.61. The number of nitrogens with zero attached hydrogens (tertiary/aromatic N) is 1. The highest BCUT2D eigenvalue weighted by molar-refractivity contribution is 5.94. The van der Waals surface area contributed by atoms with Gasteiger partial charge in [0.2, 0.25) is 5.91 Å². The first-order valence-corrected chi connectivity index (χ1v) is 6.47. The van der Waals surface area contributed by atoms with Gasteiger partial charge in [0.1, 0.15) is 11.5 Å². The lowest BCUT2D eigenvalue weighted by Crippen LogP contribution is -2.31. The van der Waals surface area contributed by atoms with Crippen LogP contribution < -0.4 is 4.90 Å². The molecule has 1 amide bonds. The van der Waals surface area contributed by atoms with E-state index < -0.39 is 0 Å². The number of amides is 1. The van der Waals surface area contributed by atoms with E-state index in [1.54, 1.807) is 53.4 Å². The molecule has 0 bridgehead atoms. The summed E-state index contributed by atoms with van der Waals surface area (Å²) in [6, 6.07) is 13.2. The van der Waals surface area contributed by atoms with E-state index in [4.69, 9.17) is 0 Å². The van der Waals surface area contributed by atoms with E-state index in [2.05, 4.69) is 0 Å². The molecule has 104 valence electrons. The van der Waals surface area contributed by atoms with Crippen LogP contribution in [0.1, 0.15) is 12.5 Å². The van der Waals surface area contributed by atoms with E-state index in [-0.39, 0.29) is 23.8 Å². The predicted octanol–water partition coefficient (Wildman–Crippen LogP) is 2.69. The van der Waals surface area contributed by atoms with Crippen LogP contribution in [0.15, 0.2) is 48.5 Å². The highest BCUT2D eigenvalue weighted by atomic mass is 16.3. The zero-order valence-electron chi connectivity index (χ0n) is 11.3. The predicted molar refractivity (Wildman–Crippen MR) is 77.9 cm³/mol. The molecule has 0 heterocycles. The summed E-state index contributed by atoms with van der Waals surface area (Å²) in [5.74, 6) is 0.340. The number of rotatable bonds is 4. The summed E-state index contributed by atoms with van der Waals surface area (Å²) < 4.78 is 0. The van der Waals surface area contributed by atoms with Crippen molar-refractivity contribution in [1.82, 2.24) is 0 Å². The molecule has 0 aliphatic rings. The van der Waals surface area contributed by atoms with E-state index in [1.165, 1.54) is 0 Å². The maximum Gasteiger partial charge on any atom is 0.231 e. The van der Waals surface area contributed by atoms with E-state index in [9.17, 15) is 15.0 Å². The lowest BCUT2D eigenvalue weighted by Gasteiger charge is -2.21. The van der Waals surface area contributed by atoms with Gasteiger partial charge in [-0.05, 0) is 48.9 Å². The summed E-state index contributed by atoms with van der Waals surface area (Å²) in [4.78, 5) is 14.0. The van der Waals surface area contributed by atoms with Crippen molar-refractivity contribution in [3.05, 3.63) is 54.1 Å². The fourth-order valence-electron chi connectivity index (χ4n) is 2.02. The standard InChI is InChI=1S/C16H17NO3/c1-2-17(13-5-9-15(19)10-6-13)16(20)11-12-3-7-14(18)8-4-12/h3-10,18-19H,2,11H2,1H3. The number of carbonyl (C=O) groups excluding carboxylic acids is 1. The minimum atomic E-state index is -0.0242. The summed E-state index contributed by atoms with van der Waals surface area (Å²) in [7, 11) is 0. The van der Waals surface area contributed by atoms with Crippen LogP contribution in [0.2, 0.25) is 0 Å². The maximum absolute atomic E-state index is 12.3. The quantitative estimate of drug-likeness (QED) is 0.898. The summed E-state index contributed by atoms with van der Waals surface area (Å²) in [5, 5.41) is 18.5. The summed E-state index contributed by atoms with van der Waals surface area (Å²) in [6.07, 6.45) is 0.273. The first-order chi connectivity index (χ1) is 9.60. The van der Waals surface area contributed by atoms with Gasteiger partial charge in [-0.2, -0.15) is 0 Å². The zero-order valence-corrected chi connectivity index (χ0v) is 11.3. The van der Waals surface area contributed by atoms with Crippen LogP contribution in [0.3, 0.4) is 0 Å². The van der Waals surface area contributed by atoms with Gasteiger partial charge in [0.25, 0.3) is 0 Å². The third-order valence-electron chi connectivity index (χ3n) is 3.07. The van der Waals surface area contributed by atoms with Crippen molar-refractivity contribution in [3.8, 4) is 11.5 Å². The van der Waals surface area contributed by atoms with Crippen molar-refractivity contribution in [3.63, 3.8) is 0 Å². The number of phenols is 2. The van der Waals surface area contributed by atoms with Gasteiger partial charge in [-0.15, -0.1) is 0 Å². The Morgan fingerprint density at radius 1 is 0.950 bits per heavy atom. The van der Waals surface area contributed by atoms with Gasteiger partial charge in [0, 0.05) is 12.2 Å². The lowest BCUT2D eigenvalue weighted by atomic mass is 10.1. The van der Waals surface area contributed by atoms with Gasteiger partial charge < -0.3 is 15.1 Å². The average Bonchev–Trinajstić information content (AvgIpc) is 2.44. The van der Waals surface area contributed by atoms with Gasteiger partial charge in [0.05, 0.1) is 6.42 Å². The molecule has 0 aromatic heterocycles. The molecule has 4 heteroatoms. The molecule has 0 radical (unpaired) electrons. The van der Waals surface area contributed by atoms with E-state index >= 15 is 0 Å². The van der Waals surface area contributed by atoms with Crippen molar-refractivity contribution >= 4 is 11.6 Å². The van der Waals surface area contributed by atoms with Crippen molar-refractivity contribution in [1.29, 1.82) is 0 Å². The van der Waals surface area contributed by atoms with Gasteiger partial charge in [-0.3, -0.25) is 4.79 Å². The second-order valence-corrected chi connectivity index (χ2v) is 4.50. The first kappa shape index (κ1) is 13.9. The molecule has 0 aliphatic heterocycles. The second kappa shape index (κ2) is 6.10. The molecule has 0 fully saturated rings. The Morgan fingerprint density at radius 3 is 1.95 bits per heavy atom. The van der Waals surface area contributed by atoms with Gasteiger partial charge >= 0.3 is 0 Å². The van der Waals surface area contributed by atoms with E-state index in [0.717, 1.165) is 11.3 Å². The largest absolute Gasteiger partial charge is 0.508 e. The molecule has 0 saturated carbocycles. The van der Waals surface area contributed by atoms with Crippen molar-refractivity contribution in [2.75, 3.05) is 11.4 Å². The minimum absolute atomic E-state index is 0.0242. The fraction of sp³-hybridized carbons (Fsp3) is 0.188. The third kappa shape index (κ3) is 3.29. The molecule has 2 N–H and O–H groups in total. The second-order valence-electron chi connectivity index (χ2n) is 4.50. The Balaban J connectivity index is 2.13. The molecule has 0 saturated heterocycles. The van der Waals surface area contributed by atoms with Crippen LogP contribution >= 0.6 is 0 Å². The van der Waals surface area contributed by atoms with Crippen molar-refractivity contribution < 1.29 is 15.0 Å².